The lowest BCUT2D eigenvalue weighted by molar-refractivity contribution is 0.0951. The zero-order chi connectivity index (χ0) is 16.1. The summed E-state index contributed by atoms with van der Waals surface area (Å²) >= 11 is 0. The van der Waals surface area contributed by atoms with Crippen LogP contribution in [0.25, 0.3) is 0 Å². The highest BCUT2D eigenvalue weighted by Gasteiger charge is 2.15. The Balaban J connectivity index is 1.71. The van der Waals surface area contributed by atoms with Gasteiger partial charge in [-0.25, -0.2) is 0 Å². The number of nitrogens with zero attached hydrogens (tertiary/aromatic N) is 1. The zero-order valence-corrected chi connectivity index (χ0v) is 13.0. The Kier molecular flexibility index (Phi) is 4.78. The van der Waals surface area contributed by atoms with Crippen LogP contribution in [0.1, 0.15) is 15.9 Å². The van der Waals surface area contributed by atoms with E-state index in [0.717, 1.165) is 37.6 Å². The Morgan fingerprint density at radius 1 is 1.09 bits per heavy atom. The molecule has 0 bridgehead atoms. The van der Waals surface area contributed by atoms with Gasteiger partial charge in [-0.05, 0) is 23.8 Å². The predicted octanol–water partition coefficient (Wildman–Crippen LogP) is 2.04. The standard InChI is InChI=1S/C18H21N3O2/c19-16-7-3-2-6-15(16)18(22)20-13-14-5-1-4-8-17(14)21-9-11-23-12-10-21/h1-8H,9-13,19H2,(H,20,22). The van der Waals surface area contributed by atoms with E-state index in [4.69, 9.17) is 10.5 Å². The van der Waals surface area contributed by atoms with Crippen molar-refractivity contribution in [3.8, 4) is 0 Å². The van der Waals surface area contributed by atoms with Crippen molar-refractivity contribution in [2.75, 3.05) is 36.9 Å². The number of benzene rings is 2. The minimum absolute atomic E-state index is 0.153. The van der Waals surface area contributed by atoms with E-state index < -0.39 is 0 Å². The molecule has 2 aromatic carbocycles. The quantitative estimate of drug-likeness (QED) is 0.848. The number of hydrogen-bond acceptors (Lipinski definition) is 4. The van der Waals surface area contributed by atoms with Crippen LogP contribution >= 0.6 is 0 Å². The molecule has 1 aliphatic rings. The summed E-state index contributed by atoms with van der Waals surface area (Å²) in [6, 6.07) is 15.2. The molecule has 3 rings (SSSR count). The maximum atomic E-state index is 12.3. The van der Waals surface area contributed by atoms with Crippen molar-refractivity contribution in [3.05, 3.63) is 59.7 Å². The third kappa shape index (κ3) is 3.63. The van der Waals surface area contributed by atoms with E-state index in [2.05, 4.69) is 16.3 Å². The molecule has 1 saturated heterocycles. The summed E-state index contributed by atoms with van der Waals surface area (Å²) in [7, 11) is 0. The zero-order valence-electron chi connectivity index (χ0n) is 13.0. The second-order valence-corrected chi connectivity index (χ2v) is 5.50. The van der Waals surface area contributed by atoms with Crippen LogP contribution in [0.3, 0.4) is 0 Å². The Labute approximate surface area is 136 Å². The van der Waals surface area contributed by atoms with Crippen LogP contribution in [0.2, 0.25) is 0 Å². The number of ether oxygens (including phenoxy) is 1. The topological polar surface area (TPSA) is 67.6 Å². The molecule has 120 valence electrons. The van der Waals surface area contributed by atoms with Gasteiger partial charge in [-0.3, -0.25) is 4.79 Å². The van der Waals surface area contributed by atoms with Gasteiger partial charge in [0.2, 0.25) is 0 Å². The minimum atomic E-state index is -0.153. The van der Waals surface area contributed by atoms with Gasteiger partial charge in [-0.15, -0.1) is 0 Å². The summed E-state index contributed by atoms with van der Waals surface area (Å²) in [5, 5.41) is 2.96. The Morgan fingerprint density at radius 3 is 2.57 bits per heavy atom. The van der Waals surface area contributed by atoms with Gasteiger partial charge in [0, 0.05) is 31.0 Å². The van der Waals surface area contributed by atoms with Crippen molar-refractivity contribution in [2.45, 2.75) is 6.54 Å². The van der Waals surface area contributed by atoms with Crippen molar-refractivity contribution in [2.24, 2.45) is 0 Å². The first kappa shape index (κ1) is 15.4. The molecule has 23 heavy (non-hydrogen) atoms. The number of amides is 1. The summed E-state index contributed by atoms with van der Waals surface area (Å²) in [6.45, 7) is 3.69. The van der Waals surface area contributed by atoms with Crippen molar-refractivity contribution in [3.63, 3.8) is 0 Å². The molecule has 5 nitrogen and oxygen atoms in total. The fraction of sp³-hybridized carbons (Fsp3) is 0.278. The maximum absolute atomic E-state index is 12.3. The number of carbonyl (C=O) groups excluding carboxylic acids is 1. The third-order valence-electron chi connectivity index (χ3n) is 3.99. The van der Waals surface area contributed by atoms with Gasteiger partial charge >= 0.3 is 0 Å². The SMILES string of the molecule is Nc1ccccc1C(=O)NCc1ccccc1N1CCOCC1. The van der Waals surface area contributed by atoms with E-state index in [1.165, 1.54) is 0 Å². The van der Waals surface area contributed by atoms with Crippen LogP contribution in [0, 0.1) is 0 Å². The van der Waals surface area contributed by atoms with Gasteiger partial charge in [0.05, 0.1) is 18.8 Å². The molecular weight excluding hydrogens is 290 g/mol. The van der Waals surface area contributed by atoms with Gasteiger partial charge in [0.15, 0.2) is 0 Å². The molecule has 0 radical (unpaired) electrons. The lowest BCUT2D eigenvalue weighted by Crippen LogP contribution is -2.37. The average molecular weight is 311 g/mol. The number of anilines is 2. The van der Waals surface area contributed by atoms with Gasteiger partial charge in [-0.2, -0.15) is 0 Å². The highest BCUT2D eigenvalue weighted by Crippen LogP contribution is 2.21. The molecule has 0 spiro atoms. The van der Waals surface area contributed by atoms with E-state index in [9.17, 15) is 4.79 Å². The van der Waals surface area contributed by atoms with Crippen LogP contribution in [-0.2, 0) is 11.3 Å². The second-order valence-electron chi connectivity index (χ2n) is 5.50. The normalized spacial score (nSPS) is 14.5. The highest BCUT2D eigenvalue weighted by molar-refractivity contribution is 5.99. The van der Waals surface area contributed by atoms with E-state index in [-0.39, 0.29) is 5.91 Å². The number of hydrogen-bond donors (Lipinski definition) is 2. The van der Waals surface area contributed by atoms with Crippen molar-refractivity contribution >= 4 is 17.3 Å². The third-order valence-corrected chi connectivity index (χ3v) is 3.99. The van der Waals surface area contributed by atoms with E-state index in [1.54, 1.807) is 12.1 Å². The largest absolute Gasteiger partial charge is 0.398 e. The number of nitrogens with one attached hydrogen (secondary N) is 1. The summed E-state index contributed by atoms with van der Waals surface area (Å²) < 4.78 is 5.40. The number of morpholine rings is 1. The van der Waals surface area contributed by atoms with Crippen LogP contribution in [0.15, 0.2) is 48.5 Å². The molecule has 5 heteroatoms. The van der Waals surface area contributed by atoms with E-state index in [1.807, 2.05) is 30.3 Å². The first-order chi connectivity index (χ1) is 11.3. The van der Waals surface area contributed by atoms with Crippen LogP contribution in [-0.4, -0.2) is 32.2 Å². The second kappa shape index (κ2) is 7.15. The Hall–Kier alpha value is -2.53. The minimum Gasteiger partial charge on any atom is -0.398 e. The maximum Gasteiger partial charge on any atom is 0.253 e. The average Bonchev–Trinajstić information content (AvgIpc) is 2.61. The van der Waals surface area contributed by atoms with Gasteiger partial charge in [0.25, 0.3) is 5.91 Å². The van der Waals surface area contributed by atoms with Crippen LogP contribution in [0.4, 0.5) is 11.4 Å². The molecule has 0 aromatic heterocycles. The molecule has 0 unspecified atom stereocenters. The number of nitrogens with two attached hydrogens (primary N) is 1. The first-order valence-electron chi connectivity index (χ1n) is 7.79. The summed E-state index contributed by atoms with van der Waals surface area (Å²) in [4.78, 5) is 14.6. The van der Waals surface area contributed by atoms with Crippen molar-refractivity contribution in [1.82, 2.24) is 5.32 Å². The summed E-state index contributed by atoms with van der Waals surface area (Å²) in [5.41, 5.74) is 9.10. The van der Waals surface area contributed by atoms with E-state index >= 15 is 0 Å². The number of rotatable bonds is 4. The molecular formula is C18H21N3O2. The first-order valence-corrected chi connectivity index (χ1v) is 7.79. The molecule has 0 atom stereocenters. The molecule has 3 N–H and O–H groups in total. The lowest BCUT2D eigenvalue weighted by atomic mass is 10.1. The molecule has 1 amide bonds. The Morgan fingerprint density at radius 2 is 1.78 bits per heavy atom. The van der Waals surface area contributed by atoms with Gasteiger partial charge in [0.1, 0.15) is 0 Å². The fourth-order valence-electron chi connectivity index (χ4n) is 2.75. The smallest absolute Gasteiger partial charge is 0.253 e. The molecule has 2 aromatic rings. The molecule has 1 heterocycles. The summed E-state index contributed by atoms with van der Waals surface area (Å²) in [5.74, 6) is -0.153. The van der Waals surface area contributed by atoms with Crippen molar-refractivity contribution in [1.29, 1.82) is 0 Å². The van der Waals surface area contributed by atoms with Gasteiger partial charge < -0.3 is 20.7 Å². The Bertz CT molecular complexity index is 681. The predicted molar refractivity (Wildman–Crippen MR) is 91.5 cm³/mol. The van der Waals surface area contributed by atoms with Gasteiger partial charge in [-0.1, -0.05) is 30.3 Å². The fourth-order valence-corrected chi connectivity index (χ4v) is 2.75. The van der Waals surface area contributed by atoms with E-state index in [0.29, 0.717) is 17.8 Å². The molecule has 1 aliphatic heterocycles. The monoisotopic (exact) mass is 311 g/mol. The summed E-state index contributed by atoms with van der Waals surface area (Å²) in [6.07, 6.45) is 0. The molecule has 0 saturated carbocycles. The van der Waals surface area contributed by atoms with Crippen LogP contribution in [0.5, 0.6) is 0 Å². The lowest BCUT2D eigenvalue weighted by Gasteiger charge is -2.30. The van der Waals surface area contributed by atoms with Crippen molar-refractivity contribution < 1.29 is 9.53 Å². The number of carbonyl (C=O) groups is 1. The molecule has 0 aliphatic carbocycles. The molecule has 1 fully saturated rings. The van der Waals surface area contributed by atoms with Crippen LogP contribution < -0.4 is 16.0 Å². The number of para-hydroxylation sites is 2. The highest BCUT2D eigenvalue weighted by atomic mass is 16.5. The number of nitrogen functional groups attached to an aromatic ring is 1.